The molecule has 19 heavy (non-hydrogen) atoms. The molecule has 1 fully saturated rings. The van der Waals surface area contributed by atoms with Crippen LogP contribution in [-0.4, -0.2) is 31.6 Å². The van der Waals surface area contributed by atoms with Crippen LogP contribution in [0.3, 0.4) is 0 Å². The molecule has 0 saturated heterocycles. The van der Waals surface area contributed by atoms with Crippen LogP contribution in [0.15, 0.2) is 18.2 Å². The van der Waals surface area contributed by atoms with E-state index in [2.05, 4.69) is 19.0 Å². The van der Waals surface area contributed by atoms with Crippen molar-refractivity contribution in [2.75, 3.05) is 21.2 Å². The van der Waals surface area contributed by atoms with Crippen molar-refractivity contribution in [1.82, 2.24) is 4.90 Å². The number of nitrogens with two attached hydrogens (primary N) is 1. The van der Waals surface area contributed by atoms with E-state index in [4.69, 9.17) is 22.1 Å². The van der Waals surface area contributed by atoms with Crippen molar-refractivity contribution in [1.29, 1.82) is 0 Å². The van der Waals surface area contributed by atoms with E-state index in [-0.39, 0.29) is 11.6 Å². The summed E-state index contributed by atoms with van der Waals surface area (Å²) in [6.07, 6.45) is 4.78. The Morgan fingerprint density at radius 3 is 2.47 bits per heavy atom. The monoisotopic (exact) mass is 282 g/mol. The molecule has 2 N–H and O–H groups in total. The number of halogens is 1. The van der Waals surface area contributed by atoms with Gasteiger partial charge in [0, 0.05) is 11.6 Å². The first kappa shape index (κ1) is 14.6. The summed E-state index contributed by atoms with van der Waals surface area (Å²) < 4.78 is 5.29. The summed E-state index contributed by atoms with van der Waals surface area (Å²) in [4.78, 5) is 2.28. The van der Waals surface area contributed by atoms with Gasteiger partial charge < -0.3 is 15.4 Å². The van der Waals surface area contributed by atoms with E-state index in [9.17, 15) is 0 Å². The minimum atomic E-state index is -0.0174. The second kappa shape index (κ2) is 5.70. The van der Waals surface area contributed by atoms with Crippen molar-refractivity contribution >= 4 is 11.6 Å². The van der Waals surface area contributed by atoms with Gasteiger partial charge in [-0.15, -0.1) is 0 Å². The van der Waals surface area contributed by atoms with Crippen LogP contribution >= 0.6 is 11.6 Å². The Bertz CT molecular complexity index is 442. The third kappa shape index (κ3) is 2.60. The number of likely N-dealkylation sites (N-methyl/N-ethyl adjacent to an activating group) is 1. The number of methoxy groups -OCH3 is 1. The van der Waals surface area contributed by atoms with Gasteiger partial charge in [0.15, 0.2) is 0 Å². The minimum absolute atomic E-state index is 0.0174. The first-order valence-corrected chi connectivity index (χ1v) is 7.15. The first-order valence-electron chi connectivity index (χ1n) is 6.78. The van der Waals surface area contributed by atoms with E-state index in [1.165, 1.54) is 12.8 Å². The van der Waals surface area contributed by atoms with Crippen LogP contribution in [0.5, 0.6) is 5.75 Å². The smallest absolute Gasteiger partial charge is 0.137 e. The fraction of sp³-hybridized carbons (Fsp3) is 0.600. The van der Waals surface area contributed by atoms with Gasteiger partial charge in [-0.3, -0.25) is 0 Å². The summed E-state index contributed by atoms with van der Waals surface area (Å²) in [7, 11) is 5.88. The highest BCUT2D eigenvalue weighted by atomic mass is 35.5. The van der Waals surface area contributed by atoms with Crippen molar-refractivity contribution in [3.8, 4) is 5.75 Å². The lowest BCUT2D eigenvalue weighted by atomic mass is 9.83. The topological polar surface area (TPSA) is 38.5 Å². The third-order valence-electron chi connectivity index (χ3n) is 4.47. The number of ether oxygens (including phenoxy) is 1. The molecular weight excluding hydrogens is 260 g/mol. The molecular formula is C15H23ClN2O. The molecule has 1 aromatic rings. The Balaban J connectivity index is 2.34. The Morgan fingerprint density at radius 2 is 1.95 bits per heavy atom. The Kier molecular flexibility index (Phi) is 4.39. The largest absolute Gasteiger partial charge is 0.495 e. The second-order valence-corrected chi connectivity index (χ2v) is 5.98. The van der Waals surface area contributed by atoms with Crippen LogP contribution in [0.2, 0.25) is 5.02 Å². The van der Waals surface area contributed by atoms with Crippen molar-refractivity contribution in [3.63, 3.8) is 0 Å². The lowest BCUT2D eigenvalue weighted by Gasteiger charge is -2.41. The molecule has 0 bridgehead atoms. The van der Waals surface area contributed by atoms with Crippen molar-refractivity contribution in [2.45, 2.75) is 37.3 Å². The summed E-state index contributed by atoms with van der Waals surface area (Å²) in [6, 6.07) is 5.83. The van der Waals surface area contributed by atoms with Crippen LogP contribution in [0, 0.1) is 0 Å². The number of nitrogens with zero attached hydrogens (tertiary/aromatic N) is 1. The molecule has 1 unspecified atom stereocenters. The lowest BCUT2D eigenvalue weighted by molar-refractivity contribution is 0.123. The quantitative estimate of drug-likeness (QED) is 0.921. The van der Waals surface area contributed by atoms with E-state index in [1.807, 2.05) is 18.2 Å². The average molecular weight is 283 g/mol. The molecule has 3 nitrogen and oxygen atoms in total. The zero-order chi connectivity index (χ0) is 14.0. The van der Waals surface area contributed by atoms with Gasteiger partial charge in [0.25, 0.3) is 0 Å². The zero-order valence-corrected chi connectivity index (χ0v) is 12.7. The van der Waals surface area contributed by atoms with Crippen molar-refractivity contribution < 1.29 is 4.74 Å². The summed E-state index contributed by atoms with van der Waals surface area (Å²) >= 11 is 6.08. The highest BCUT2D eigenvalue weighted by molar-refractivity contribution is 6.32. The molecule has 2 rings (SSSR count). The second-order valence-electron chi connectivity index (χ2n) is 5.58. The standard InChI is InChI=1S/C15H23ClN2O/c1-18(2)15(8-4-5-9-15)14(17)11-6-7-12(16)13(10-11)19-3/h6-7,10,14H,4-5,8-9,17H2,1-3H3. The minimum Gasteiger partial charge on any atom is -0.495 e. The molecule has 106 valence electrons. The maximum Gasteiger partial charge on any atom is 0.137 e. The van der Waals surface area contributed by atoms with E-state index in [0.717, 1.165) is 18.4 Å². The van der Waals surface area contributed by atoms with E-state index >= 15 is 0 Å². The van der Waals surface area contributed by atoms with E-state index in [1.54, 1.807) is 7.11 Å². The molecule has 0 heterocycles. The molecule has 1 aliphatic carbocycles. The summed E-state index contributed by atoms with van der Waals surface area (Å²) in [5.74, 6) is 0.696. The molecule has 0 amide bonds. The van der Waals surface area contributed by atoms with Crippen LogP contribution < -0.4 is 10.5 Å². The molecule has 1 aliphatic rings. The Morgan fingerprint density at radius 1 is 1.32 bits per heavy atom. The molecule has 0 radical (unpaired) electrons. The van der Waals surface area contributed by atoms with Gasteiger partial charge >= 0.3 is 0 Å². The molecule has 0 aromatic heterocycles. The SMILES string of the molecule is COc1cc(C(N)C2(N(C)C)CCCC2)ccc1Cl. The fourth-order valence-corrected chi connectivity index (χ4v) is 3.40. The summed E-state index contributed by atoms with van der Waals surface area (Å²) in [5.41, 5.74) is 7.72. The maximum atomic E-state index is 6.57. The lowest BCUT2D eigenvalue weighted by Crippen LogP contribution is -2.50. The average Bonchev–Trinajstić information content (AvgIpc) is 2.89. The van der Waals surface area contributed by atoms with E-state index in [0.29, 0.717) is 10.8 Å². The maximum absolute atomic E-state index is 6.57. The zero-order valence-electron chi connectivity index (χ0n) is 11.9. The molecule has 4 heteroatoms. The van der Waals surface area contributed by atoms with Crippen molar-refractivity contribution in [2.24, 2.45) is 5.73 Å². The van der Waals surface area contributed by atoms with Gasteiger partial charge in [-0.25, -0.2) is 0 Å². The number of benzene rings is 1. The van der Waals surface area contributed by atoms with Gasteiger partial charge in [0.2, 0.25) is 0 Å². The number of hydrogen-bond acceptors (Lipinski definition) is 3. The Labute approximate surface area is 120 Å². The normalized spacial score (nSPS) is 19.7. The van der Waals surface area contributed by atoms with Gasteiger partial charge in [-0.1, -0.05) is 30.5 Å². The third-order valence-corrected chi connectivity index (χ3v) is 4.79. The predicted molar refractivity (Wildman–Crippen MR) is 79.8 cm³/mol. The fourth-order valence-electron chi connectivity index (χ4n) is 3.20. The van der Waals surface area contributed by atoms with Crippen LogP contribution in [0.4, 0.5) is 0 Å². The summed E-state index contributed by atoms with van der Waals surface area (Å²) in [5, 5.41) is 0.628. The molecule has 1 atom stereocenters. The predicted octanol–water partition coefficient (Wildman–Crippen LogP) is 3.22. The van der Waals surface area contributed by atoms with Gasteiger partial charge in [-0.05, 0) is 44.6 Å². The van der Waals surface area contributed by atoms with Crippen LogP contribution in [0.1, 0.15) is 37.3 Å². The van der Waals surface area contributed by atoms with Gasteiger partial charge in [0.05, 0.1) is 12.1 Å². The first-order chi connectivity index (χ1) is 9.01. The number of hydrogen-bond donors (Lipinski definition) is 1. The summed E-state index contributed by atoms with van der Waals surface area (Å²) in [6.45, 7) is 0. The molecule has 1 aromatic carbocycles. The van der Waals surface area contributed by atoms with Crippen LogP contribution in [-0.2, 0) is 0 Å². The van der Waals surface area contributed by atoms with Gasteiger partial charge in [-0.2, -0.15) is 0 Å². The van der Waals surface area contributed by atoms with Crippen LogP contribution in [0.25, 0.3) is 0 Å². The molecule has 1 saturated carbocycles. The highest BCUT2D eigenvalue weighted by Gasteiger charge is 2.42. The van der Waals surface area contributed by atoms with Gasteiger partial charge in [0.1, 0.15) is 5.75 Å². The molecule has 0 aliphatic heterocycles. The highest BCUT2D eigenvalue weighted by Crippen LogP contribution is 2.43. The van der Waals surface area contributed by atoms with Crippen molar-refractivity contribution in [3.05, 3.63) is 28.8 Å². The number of rotatable bonds is 4. The Hall–Kier alpha value is -0.770. The van der Waals surface area contributed by atoms with E-state index < -0.39 is 0 Å². The molecule has 0 spiro atoms.